The standard InChI is InChI=1S/C27H22ClNO3/c1-27(2)14-17(13-19-10-11-23(32-19)16-6-5-7-18(28)12-16)25-21(15-27)24(26(30)31)20-8-3-4-9-22(20)29-25/h3-13H,14-15H2,1-2H3,(H,30,31)/b17-13+. The smallest absolute Gasteiger partial charge is 0.336 e. The van der Waals surface area contributed by atoms with Gasteiger partial charge in [-0.25, -0.2) is 9.78 Å². The van der Waals surface area contributed by atoms with E-state index in [0.29, 0.717) is 33.7 Å². The van der Waals surface area contributed by atoms with Crippen molar-refractivity contribution in [2.24, 2.45) is 5.41 Å². The maximum absolute atomic E-state index is 12.3. The maximum Gasteiger partial charge on any atom is 0.336 e. The Labute approximate surface area is 191 Å². The molecule has 1 N–H and O–H groups in total. The van der Waals surface area contributed by atoms with Crippen molar-refractivity contribution in [1.29, 1.82) is 0 Å². The Morgan fingerprint density at radius 3 is 2.69 bits per heavy atom. The normalized spacial score (nSPS) is 16.3. The van der Waals surface area contributed by atoms with Gasteiger partial charge in [0.15, 0.2) is 0 Å². The van der Waals surface area contributed by atoms with Crippen LogP contribution in [0.4, 0.5) is 0 Å². The highest BCUT2D eigenvalue weighted by Crippen LogP contribution is 2.44. The maximum atomic E-state index is 12.3. The lowest BCUT2D eigenvalue weighted by molar-refractivity contribution is 0.0697. The van der Waals surface area contributed by atoms with Gasteiger partial charge in [-0.2, -0.15) is 0 Å². The summed E-state index contributed by atoms with van der Waals surface area (Å²) in [4.78, 5) is 17.2. The van der Waals surface area contributed by atoms with Gasteiger partial charge in [-0.1, -0.05) is 55.8 Å². The highest BCUT2D eigenvalue weighted by atomic mass is 35.5. The summed E-state index contributed by atoms with van der Waals surface area (Å²) in [5, 5.41) is 11.4. The molecule has 2 heterocycles. The Morgan fingerprint density at radius 2 is 1.91 bits per heavy atom. The highest BCUT2D eigenvalue weighted by molar-refractivity contribution is 6.30. The van der Waals surface area contributed by atoms with Crippen LogP contribution in [0.3, 0.4) is 0 Å². The second-order valence-corrected chi connectivity index (χ2v) is 9.47. The second kappa shape index (κ2) is 7.64. The van der Waals surface area contributed by atoms with Crippen LogP contribution < -0.4 is 0 Å². The molecule has 5 heteroatoms. The average Bonchev–Trinajstić information content (AvgIpc) is 3.20. The minimum absolute atomic E-state index is 0.102. The molecule has 0 amide bonds. The third kappa shape index (κ3) is 3.71. The van der Waals surface area contributed by atoms with Gasteiger partial charge in [-0.3, -0.25) is 0 Å². The Bertz CT molecular complexity index is 1400. The predicted octanol–water partition coefficient (Wildman–Crippen LogP) is 7.36. The number of aromatic nitrogens is 1. The summed E-state index contributed by atoms with van der Waals surface area (Å²) in [6, 6.07) is 18.8. The van der Waals surface area contributed by atoms with E-state index >= 15 is 0 Å². The van der Waals surface area contributed by atoms with E-state index < -0.39 is 5.97 Å². The summed E-state index contributed by atoms with van der Waals surface area (Å²) < 4.78 is 6.10. The zero-order valence-electron chi connectivity index (χ0n) is 17.9. The Balaban J connectivity index is 1.67. The third-order valence-electron chi connectivity index (χ3n) is 5.89. The highest BCUT2D eigenvalue weighted by Gasteiger charge is 2.34. The number of halogens is 1. The number of hydrogen-bond acceptors (Lipinski definition) is 3. The summed E-state index contributed by atoms with van der Waals surface area (Å²) in [6.45, 7) is 4.31. The van der Waals surface area contributed by atoms with Gasteiger partial charge in [-0.15, -0.1) is 0 Å². The Kier molecular flexibility index (Phi) is 4.90. The molecule has 4 nitrogen and oxygen atoms in total. The molecular formula is C27H22ClNO3. The molecule has 0 unspecified atom stereocenters. The number of nitrogens with zero attached hydrogens (tertiary/aromatic N) is 1. The van der Waals surface area contributed by atoms with E-state index in [1.807, 2.05) is 66.7 Å². The van der Waals surface area contributed by atoms with Crippen LogP contribution in [0.1, 0.15) is 47.6 Å². The summed E-state index contributed by atoms with van der Waals surface area (Å²) in [5.41, 5.74) is 4.37. The number of furan rings is 1. The molecule has 2 aromatic carbocycles. The van der Waals surface area contributed by atoms with Crippen molar-refractivity contribution in [2.45, 2.75) is 26.7 Å². The van der Waals surface area contributed by atoms with E-state index in [1.165, 1.54) is 0 Å². The fourth-order valence-electron chi connectivity index (χ4n) is 4.59. The first kappa shape index (κ1) is 20.5. The molecule has 0 saturated heterocycles. The molecular weight excluding hydrogens is 422 g/mol. The number of rotatable bonds is 3. The van der Waals surface area contributed by atoms with Crippen LogP contribution in [0.15, 0.2) is 65.1 Å². The van der Waals surface area contributed by atoms with Crippen LogP contribution in [0.5, 0.6) is 0 Å². The number of carboxylic acid groups (broad SMARTS) is 1. The molecule has 0 spiro atoms. The number of para-hydroxylation sites is 1. The van der Waals surface area contributed by atoms with E-state index in [0.717, 1.165) is 34.6 Å². The van der Waals surface area contributed by atoms with Crippen LogP contribution in [0.25, 0.3) is 33.9 Å². The number of hydrogen-bond donors (Lipinski definition) is 1. The lowest BCUT2D eigenvalue weighted by Gasteiger charge is -2.33. The lowest BCUT2D eigenvalue weighted by Crippen LogP contribution is -2.25. The SMILES string of the molecule is CC1(C)C/C(=C\c2ccc(-c3cccc(Cl)c3)o2)c2nc3ccccc3c(C(=O)O)c2C1. The summed E-state index contributed by atoms with van der Waals surface area (Å²) >= 11 is 6.12. The molecule has 0 saturated carbocycles. The zero-order valence-corrected chi connectivity index (χ0v) is 18.6. The summed E-state index contributed by atoms with van der Waals surface area (Å²) in [5.74, 6) is 0.510. The molecule has 0 fully saturated rings. The molecule has 2 aromatic heterocycles. The first-order valence-corrected chi connectivity index (χ1v) is 10.9. The molecule has 160 valence electrons. The fraction of sp³-hybridized carbons (Fsp3) is 0.185. The number of carboxylic acids is 1. The average molecular weight is 444 g/mol. The van der Waals surface area contributed by atoms with E-state index in [9.17, 15) is 9.90 Å². The molecule has 1 aliphatic rings. The van der Waals surface area contributed by atoms with Crippen LogP contribution in [-0.2, 0) is 6.42 Å². The van der Waals surface area contributed by atoms with E-state index in [2.05, 4.69) is 13.8 Å². The Hall–Kier alpha value is -3.37. The monoisotopic (exact) mass is 443 g/mol. The van der Waals surface area contributed by atoms with Gasteiger partial charge < -0.3 is 9.52 Å². The van der Waals surface area contributed by atoms with Gasteiger partial charge in [0, 0.05) is 16.0 Å². The van der Waals surface area contributed by atoms with Crippen molar-refractivity contribution < 1.29 is 14.3 Å². The lowest BCUT2D eigenvalue weighted by atomic mass is 9.72. The molecule has 0 aliphatic heterocycles. The molecule has 1 aliphatic carbocycles. The van der Waals surface area contributed by atoms with Crippen LogP contribution in [0.2, 0.25) is 5.02 Å². The van der Waals surface area contributed by atoms with Gasteiger partial charge >= 0.3 is 5.97 Å². The number of allylic oxidation sites excluding steroid dienone is 1. The number of fused-ring (bicyclic) bond motifs is 2. The molecule has 32 heavy (non-hydrogen) atoms. The van der Waals surface area contributed by atoms with E-state index in [-0.39, 0.29) is 5.41 Å². The van der Waals surface area contributed by atoms with Gasteiger partial charge in [-0.05, 0) is 65.8 Å². The van der Waals surface area contributed by atoms with Crippen molar-refractivity contribution in [1.82, 2.24) is 4.98 Å². The summed E-state index contributed by atoms with van der Waals surface area (Å²) in [6.07, 6.45) is 3.42. The second-order valence-electron chi connectivity index (χ2n) is 9.04. The number of pyridine rings is 1. The van der Waals surface area contributed by atoms with Crippen molar-refractivity contribution in [3.05, 3.63) is 88.3 Å². The van der Waals surface area contributed by atoms with Crippen molar-refractivity contribution in [2.75, 3.05) is 0 Å². The van der Waals surface area contributed by atoms with Crippen LogP contribution >= 0.6 is 11.6 Å². The summed E-state index contributed by atoms with van der Waals surface area (Å²) in [7, 11) is 0. The van der Waals surface area contributed by atoms with Gasteiger partial charge in [0.05, 0.1) is 16.8 Å². The Morgan fingerprint density at radius 1 is 1.09 bits per heavy atom. The first-order chi connectivity index (χ1) is 15.3. The van der Waals surface area contributed by atoms with Crippen molar-refractivity contribution in [3.63, 3.8) is 0 Å². The fourth-order valence-corrected chi connectivity index (χ4v) is 4.78. The molecule has 5 rings (SSSR count). The number of benzene rings is 2. The minimum atomic E-state index is -0.918. The van der Waals surface area contributed by atoms with Gasteiger partial charge in [0.2, 0.25) is 0 Å². The van der Waals surface area contributed by atoms with Crippen molar-refractivity contribution in [3.8, 4) is 11.3 Å². The van der Waals surface area contributed by atoms with Gasteiger partial charge in [0.1, 0.15) is 11.5 Å². The predicted molar refractivity (Wildman–Crippen MR) is 128 cm³/mol. The van der Waals surface area contributed by atoms with Gasteiger partial charge in [0.25, 0.3) is 0 Å². The zero-order chi connectivity index (χ0) is 22.5. The third-order valence-corrected chi connectivity index (χ3v) is 6.12. The first-order valence-electron chi connectivity index (χ1n) is 10.5. The largest absolute Gasteiger partial charge is 0.478 e. The topological polar surface area (TPSA) is 63.3 Å². The van der Waals surface area contributed by atoms with E-state index in [4.69, 9.17) is 21.0 Å². The van der Waals surface area contributed by atoms with Crippen LogP contribution in [-0.4, -0.2) is 16.1 Å². The van der Waals surface area contributed by atoms with Crippen molar-refractivity contribution >= 4 is 40.1 Å². The van der Waals surface area contributed by atoms with Crippen LogP contribution in [0, 0.1) is 5.41 Å². The molecule has 4 aromatic rings. The molecule has 0 bridgehead atoms. The molecule has 0 radical (unpaired) electrons. The molecule has 0 atom stereocenters. The number of aromatic carboxylic acids is 1. The van der Waals surface area contributed by atoms with E-state index in [1.54, 1.807) is 0 Å². The minimum Gasteiger partial charge on any atom is -0.478 e. The number of carbonyl (C=O) groups is 1. The quantitative estimate of drug-likeness (QED) is 0.359.